The van der Waals surface area contributed by atoms with Crippen LogP contribution in [0.5, 0.6) is 5.75 Å². The molecule has 1 saturated carbocycles. The molecule has 1 aromatic carbocycles. The second kappa shape index (κ2) is 5.96. The molecule has 0 saturated heterocycles. The molecule has 0 aromatic heterocycles. The van der Waals surface area contributed by atoms with Gasteiger partial charge in [-0.3, -0.25) is 10.1 Å². The molecule has 9 heteroatoms. The fraction of sp³-hybridized carbons (Fsp3) is 0.500. The van der Waals surface area contributed by atoms with Crippen molar-refractivity contribution >= 4 is 15.7 Å². The fourth-order valence-corrected chi connectivity index (χ4v) is 3.73. The predicted molar refractivity (Wildman–Crippen MR) is 75.3 cm³/mol. The topological polar surface area (TPSA) is 136 Å². The Morgan fingerprint density at radius 2 is 2.00 bits per heavy atom. The van der Waals surface area contributed by atoms with Crippen LogP contribution >= 0.6 is 0 Å². The van der Waals surface area contributed by atoms with Gasteiger partial charge in [-0.2, -0.15) is 0 Å². The lowest BCUT2D eigenvalue weighted by Gasteiger charge is -2.28. The van der Waals surface area contributed by atoms with Crippen LogP contribution in [0.2, 0.25) is 0 Å². The molecule has 2 atom stereocenters. The largest absolute Gasteiger partial charge is 0.502 e. The standard InChI is InChI=1S/C12H17N3O5S/c13-9-3-1-2-4-10(9)14-21(19,20)8-5-6-12(16)11(7-8)15(17)18/h5-7,9-10,14,16H,1-4,13H2/t9-,10-/m1/s1. The van der Waals surface area contributed by atoms with E-state index in [-0.39, 0.29) is 17.0 Å². The first-order valence-corrected chi connectivity index (χ1v) is 8.05. The third-order valence-electron chi connectivity index (χ3n) is 3.58. The van der Waals surface area contributed by atoms with Crippen LogP contribution in [-0.4, -0.2) is 30.5 Å². The SMILES string of the molecule is N[C@@H]1CCCC[C@H]1NS(=O)(=O)c1ccc(O)c([N+](=O)[O-])c1. The molecule has 21 heavy (non-hydrogen) atoms. The number of nitrogens with one attached hydrogen (secondary N) is 1. The first-order valence-electron chi connectivity index (χ1n) is 6.56. The van der Waals surface area contributed by atoms with Crippen LogP contribution < -0.4 is 10.5 Å². The molecule has 116 valence electrons. The Morgan fingerprint density at radius 3 is 2.62 bits per heavy atom. The van der Waals surface area contributed by atoms with E-state index < -0.39 is 26.4 Å². The molecule has 0 amide bonds. The van der Waals surface area contributed by atoms with Gasteiger partial charge >= 0.3 is 5.69 Å². The van der Waals surface area contributed by atoms with E-state index in [9.17, 15) is 23.6 Å². The first-order chi connectivity index (χ1) is 9.81. The average molecular weight is 315 g/mol. The summed E-state index contributed by atoms with van der Waals surface area (Å²) in [6.07, 6.45) is 3.23. The zero-order valence-corrected chi connectivity index (χ0v) is 12.0. The molecule has 8 nitrogen and oxygen atoms in total. The summed E-state index contributed by atoms with van der Waals surface area (Å²) in [4.78, 5) is 9.66. The molecule has 0 spiro atoms. The number of aromatic hydroxyl groups is 1. The Hall–Kier alpha value is -1.71. The van der Waals surface area contributed by atoms with Gasteiger partial charge in [-0.1, -0.05) is 12.8 Å². The number of hydrogen-bond donors (Lipinski definition) is 3. The number of nitrogens with two attached hydrogens (primary N) is 1. The van der Waals surface area contributed by atoms with Gasteiger partial charge in [-0.25, -0.2) is 13.1 Å². The highest BCUT2D eigenvalue weighted by Gasteiger charge is 2.28. The lowest BCUT2D eigenvalue weighted by atomic mass is 9.92. The van der Waals surface area contributed by atoms with Crippen molar-refractivity contribution in [3.8, 4) is 5.75 Å². The minimum atomic E-state index is -3.91. The van der Waals surface area contributed by atoms with Crippen LogP contribution in [0.15, 0.2) is 23.1 Å². The Kier molecular flexibility index (Phi) is 4.45. The number of rotatable bonds is 4. The number of hydrogen-bond acceptors (Lipinski definition) is 6. The molecule has 0 radical (unpaired) electrons. The molecule has 0 heterocycles. The van der Waals surface area contributed by atoms with E-state index in [2.05, 4.69) is 4.72 Å². The van der Waals surface area contributed by atoms with Crippen molar-refractivity contribution in [2.45, 2.75) is 42.7 Å². The van der Waals surface area contributed by atoms with Crippen molar-refractivity contribution in [2.24, 2.45) is 5.73 Å². The summed E-state index contributed by atoms with van der Waals surface area (Å²) in [7, 11) is -3.91. The van der Waals surface area contributed by atoms with Crippen molar-refractivity contribution < 1.29 is 18.4 Å². The minimum absolute atomic E-state index is 0.259. The minimum Gasteiger partial charge on any atom is -0.502 e. The highest BCUT2D eigenvalue weighted by Crippen LogP contribution is 2.28. The van der Waals surface area contributed by atoms with Gasteiger partial charge in [0.05, 0.1) is 9.82 Å². The van der Waals surface area contributed by atoms with Crippen LogP contribution in [0.1, 0.15) is 25.7 Å². The number of phenolic OH excluding ortho intramolecular Hbond substituents is 1. The molecule has 4 N–H and O–H groups in total. The molecule has 2 rings (SSSR count). The summed E-state index contributed by atoms with van der Waals surface area (Å²) < 4.78 is 27.0. The highest BCUT2D eigenvalue weighted by molar-refractivity contribution is 7.89. The molecular weight excluding hydrogens is 298 g/mol. The average Bonchev–Trinajstić information content (AvgIpc) is 2.41. The zero-order valence-electron chi connectivity index (χ0n) is 11.2. The van der Waals surface area contributed by atoms with Gasteiger partial charge in [0.2, 0.25) is 10.0 Å². The van der Waals surface area contributed by atoms with Crippen LogP contribution in [0.4, 0.5) is 5.69 Å². The predicted octanol–water partition coefficient (Wildman–Crippen LogP) is 0.849. The second-order valence-electron chi connectivity index (χ2n) is 5.08. The number of nitro groups is 1. The summed E-state index contributed by atoms with van der Waals surface area (Å²) in [5, 5.41) is 20.1. The third kappa shape index (κ3) is 3.49. The van der Waals surface area contributed by atoms with E-state index in [1.54, 1.807) is 0 Å². The van der Waals surface area contributed by atoms with Gasteiger partial charge < -0.3 is 10.8 Å². The van der Waals surface area contributed by atoms with Gasteiger partial charge in [-0.15, -0.1) is 0 Å². The fourth-order valence-electron chi connectivity index (χ4n) is 2.39. The van der Waals surface area contributed by atoms with E-state index >= 15 is 0 Å². The maximum atomic E-state index is 12.3. The molecular formula is C12H17N3O5S. The van der Waals surface area contributed by atoms with Crippen molar-refractivity contribution in [2.75, 3.05) is 0 Å². The normalized spacial score (nSPS) is 22.9. The lowest BCUT2D eigenvalue weighted by Crippen LogP contribution is -2.49. The molecule has 0 unspecified atom stereocenters. The van der Waals surface area contributed by atoms with E-state index in [0.29, 0.717) is 6.42 Å². The van der Waals surface area contributed by atoms with Crippen LogP contribution in [-0.2, 0) is 10.0 Å². The maximum Gasteiger partial charge on any atom is 0.312 e. The van der Waals surface area contributed by atoms with Gasteiger partial charge in [0.1, 0.15) is 0 Å². The number of phenols is 1. The van der Waals surface area contributed by atoms with E-state index in [1.165, 1.54) is 0 Å². The van der Waals surface area contributed by atoms with Gasteiger partial charge in [0, 0.05) is 18.2 Å². The van der Waals surface area contributed by atoms with Gasteiger partial charge in [-0.05, 0) is 25.0 Å². The molecule has 1 aromatic rings. The molecule has 1 fully saturated rings. The highest BCUT2D eigenvalue weighted by atomic mass is 32.2. The smallest absolute Gasteiger partial charge is 0.312 e. The monoisotopic (exact) mass is 315 g/mol. The number of benzene rings is 1. The summed E-state index contributed by atoms with van der Waals surface area (Å²) in [6, 6.07) is 2.32. The lowest BCUT2D eigenvalue weighted by molar-refractivity contribution is -0.386. The van der Waals surface area contributed by atoms with Crippen molar-refractivity contribution in [3.05, 3.63) is 28.3 Å². The van der Waals surface area contributed by atoms with Crippen LogP contribution in [0.25, 0.3) is 0 Å². The van der Waals surface area contributed by atoms with E-state index in [1.807, 2.05) is 0 Å². The summed E-state index contributed by atoms with van der Waals surface area (Å²) in [6.45, 7) is 0. The Morgan fingerprint density at radius 1 is 1.33 bits per heavy atom. The first kappa shape index (κ1) is 15.7. The molecule has 0 bridgehead atoms. The van der Waals surface area contributed by atoms with Gasteiger partial charge in [0.25, 0.3) is 0 Å². The van der Waals surface area contributed by atoms with Crippen LogP contribution in [0.3, 0.4) is 0 Å². The Labute approximate surface area is 122 Å². The third-order valence-corrected chi connectivity index (χ3v) is 5.07. The van der Waals surface area contributed by atoms with Gasteiger partial charge in [0.15, 0.2) is 5.75 Å². The summed E-state index contributed by atoms with van der Waals surface area (Å²) >= 11 is 0. The summed E-state index contributed by atoms with van der Waals surface area (Å²) in [5.74, 6) is -0.576. The zero-order chi connectivity index (χ0) is 15.6. The Balaban J connectivity index is 2.27. The van der Waals surface area contributed by atoms with Crippen molar-refractivity contribution in [3.63, 3.8) is 0 Å². The number of nitro benzene ring substituents is 1. The van der Waals surface area contributed by atoms with E-state index in [4.69, 9.17) is 5.73 Å². The van der Waals surface area contributed by atoms with Crippen molar-refractivity contribution in [1.29, 1.82) is 0 Å². The maximum absolute atomic E-state index is 12.3. The number of sulfonamides is 1. The van der Waals surface area contributed by atoms with Crippen molar-refractivity contribution in [1.82, 2.24) is 4.72 Å². The molecule has 1 aliphatic rings. The summed E-state index contributed by atoms with van der Waals surface area (Å²) in [5.41, 5.74) is 5.24. The quantitative estimate of drug-likeness (QED) is 0.556. The second-order valence-corrected chi connectivity index (χ2v) is 6.80. The number of nitrogens with zero attached hydrogens (tertiary/aromatic N) is 1. The van der Waals surface area contributed by atoms with Crippen LogP contribution in [0, 0.1) is 10.1 Å². The molecule has 1 aliphatic carbocycles. The van der Waals surface area contributed by atoms with E-state index in [0.717, 1.165) is 37.5 Å². The Bertz CT molecular complexity index is 646. The molecule has 0 aliphatic heterocycles.